The first-order chi connectivity index (χ1) is 14.5. The molecule has 2 aromatic carbocycles. The molecule has 2 heterocycles. The molecule has 2 aromatic heterocycles. The number of nitrogens with one attached hydrogen (secondary N) is 1. The van der Waals surface area contributed by atoms with Crippen molar-refractivity contribution in [3.05, 3.63) is 53.1 Å². The molecule has 154 valence electrons. The van der Waals surface area contributed by atoms with E-state index in [1.807, 2.05) is 18.2 Å². The van der Waals surface area contributed by atoms with Gasteiger partial charge in [-0.1, -0.05) is 47.3 Å². The Kier molecular flexibility index (Phi) is 6.35. The predicted molar refractivity (Wildman–Crippen MR) is 123 cm³/mol. The molecule has 1 amide bonds. The van der Waals surface area contributed by atoms with Crippen LogP contribution in [0.4, 0.5) is 5.69 Å². The molecule has 0 saturated carbocycles. The SMILES string of the molecule is Cc1ccc(CSc2nc3ccc(NC(=O)CSc4nnnn4C)cc3s2)c(C)c1. The third-order valence-corrected chi connectivity index (χ3v) is 7.64. The number of hydrogen-bond donors (Lipinski definition) is 1. The van der Waals surface area contributed by atoms with Crippen LogP contribution >= 0.6 is 34.9 Å². The molecule has 1 N–H and O–H groups in total. The van der Waals surface area contributed by atoms with Crippen LogP contribution in [-0.2, 0) is 17.6 Å². The Labute approximate surface area is 186 Å². The number of amides is 1. The second-order valence-corrected chi connectivity index (χ2v) is 10.00. The van der Waals surface area contributed by atoms with Gasteiger partial charge in [-0.15, -0.1) is 16.4 Å². The number of carbonyl (C=O) groups is 1. The second kappa shape index (κ2) is 9.15. The summed E-state index contributed by atoms with van der Waals surface area (Å²) in [5, 5.41) is 14.7. The van der Waals surface area contributed by atoms with Crippen LogP contribution in [0.25, 0.3) is 10.2 Å². The molecule has 0 aliphatic rings. The van der Waals surface area contributed by atoms with Crippen LogP contribution in [-0.4, -0.2) is 36.9 Å². The number of nitrogens with zero attached hydrogens (tertiary/aromatic N) is 5. The minimum Gasteiger partial charge on any atom is -0.325 e. The molecule has 0 aliphatic heterocycles. The Balaban J connectivity index is 1.38. The van der Waals surface area contributed by atoms with Gasteiger partial charge < -0.3 is 5.32 Å². The Bertz CT molecular complexity index is 1200. The number of aryl methyl sites for hydroxylation is 3. The van der Waals surface area contributed by atoms with Crippen molar-refractivity contribution in [2.45, 2.75) is 29.1 Å². The van der Waals surface area contributed by atoms with Crippen molar-refractivity contribution < 1.29 is 4.79 Å². The van der Waals surface area contributed by atoms with Crippen LogP contribution in [0.2, 0.25) is 0 Å². The number of benzene rings is 2. The van der Waals surface area contributed by atoms with Gasteiger partial charge >= 0.3 is 0 Å². The summed E-state index contributed by atoms with van der Waals surface area (Å²) in [4.78, 5) is 17.0. The molecule has 0 bridgehead atoms. The van der Waals surface area contributed by atoms with Gasteiger partial charge in [-0.05, 0) is 53.6 Å². The molecule has 0 spiro atoms. The van der Waals surface area contributed by atoms with E-state index in [-0.39, 0.29) is 11.7 Å². The molecule has 0 radical (unpaired) electrons. The summed E-state index contributed by atoms with van der Waals surface area (Å²) in [5.41, 5.74) is 5.62. The monoisotopic (exact) mass is 456 g/mol. The molecule has 0 unspecified atom stereocenters. The number of thioether (sulfide) groups is 2. The van der Waals surface area contributed by atoms with Crippen LogP contribution in [0.1, 0.15) is 16.7 Å². The van der Waals surface area contributed by atoms with E-state index in [2.05, 4.69) is 52.9 Å². The van der Waals surface area contributed by atoms with Crippen LogP contribution in [0.3, 0.4) is 0 Å². The molecule has 0 aliphatic carbocycles. The first kappa shape index (κ1) is 20.8. The zero-order chi connectivity index (χ0) is 21.1. The van der Waals surface area contributed by atoms with Crippen LogP contribution in [0.15, 0.2) is 45.9 Å². The highest BCUT2D eigenvalue weighted by molar-refractivity contribution is 8.00. The van der Waals surface area contributed by atoms with Crippen molar-refractivity contribution in [1.29, 1.82) is 0 Å². The largest absolute Gasteiger partial charge is 0.325 e. The average molecular weight is 457 g/mol. The fourth-order valence-electron chi connectivity index (χ4n) is 2.86. The smallest absolute Gasteiger partial charge is 0.234 e. The van der Waals surface area contributed by atoms with Crippen molar-refractivity contribution in [1.82, 2.24) is 25.2 Å². The van der Waals surface area contributed by atoms with E-state index in [0.29, 0.717) is 5.16 Å². The van der Waals surface area contributed by atoms with Gasteiger partial charge in [0.25, 0.3) is 0 Å². The Morgan fingerprint density at radius 2 is 2.03 bits per heavy atom. The standard InChI is InChI=1S/C20H20N6OS3/c1-12-4-5-14(13(2)8-12)10-29-20-22-16-7-6-15(9-17(16)30-20)21-18(27)11-28-19-23-24-25-26(19)3/h4-9H,10-11H2,1-3H3,(H,21,27). The summed E-state index contributed by atoms with van der Waals surface area (Å²) < 4.78 is 3.62. The number of thiazole rings is 1. The summed E-state index contributed by atoms with van der Waals surface area (Å²) in [5.74, 6) is 1.03. The summed E-state index contributed by atoms with van der Waals surface area (Å²) >= 11 is 4.69. The Morgan fingerprint density at radius 1 is 1.17 bits per heavy atom. The summed E-state index contributed by atoms with van der Waals surface area (Å²) in [7, 11) is 1.74. The van der Waals surface area contributed by atoms with Gasteiger partial charge in [0.05, 0.1) is 16.0 Å². The van der Waals surface area contributed by atoms with Gasteiger partial charge in [-0.2, -0.15) is 0 Å². The van der Waals surface area contributed by atoms with Gasteiger partial charge in [0.2, 0.25) is 11.1 Å². The highest BCUT2D eigenvalue weighted by atomic mass is 32.2. The highest BCUT2D eigenvalue weighted by Gasteiger charge is 2.10. The maximum Gasteiger partial charge on any atom is 0.234 e. The number of rotatable bonds is 7. The van der Waals surface area contributed by atoms with E-state index >= 15 is 0 Å². The number of aromatic nitrogens is 5. The van der Waals surface area contributed by atoms with Crippen molar-refractivity contribution in [3.8, 4) is 0 Å². The molecular formula is C20H20N6OS3. The van der Waals surface area contributed by atoms with E-state index in [4.69, 9.17) is 4.98 Å². The lowest BCUT2D eigenvalue weighted by molar-refractivity contribution is -0.113. The molecule has 7 nitrogen and oxygen atoms in total. The van der Waals surface area contributed by atoms with E-state index < -0.39 is 0 Å². The predicted octanol–water partition coefficient (Wildman–Crippen LogP) is 4.46. The number of hydrogen-bond acceptors (Lipinski definition) is 8. The first-order valence-corrected chi connectivity index (χ1v) is 12.0. The lowest BCUT2D eigenvalue weighted by atomic mass is 10.1. The Morgan fingerprint density at radius 3 is 2.80 bits per heavy atom. The van der Waals surface area contributed by atoms with E-state index in [1.54, 1.807) is 34.8 Å². The second-order valence-electron chi connectivity index (χ2n) is 6.80. The zero-order valence-electron chi connectivity index (χ0n) is 16.7. The van der Waals surface area contributed by atoms with E-state index in [0.717, 1.165) is 26.0 Å². The van der Waals surface area contributed by atoms with Gasteiger partial charge in [-0.25, -0.2) is 9.67 Å². The van der Waals surface area contributed by atoms with Crippen molar-refractivity contribution in [3.63, 3.8) is 0 Å². The van der Waals surface area contributed by atoms with Crippen molar-refractivity contribution in [2.24, 2.45) is 7.05 Å². The molecule has 4 aromatic rings. The van der Waals surface area contributed by atoms with Gasteiger partial charge in [-0.3, -0.25) is 4.79 Å². The van der Waals surface area contributed by atoms with Crippen molar-refractivity contribution >= 4 is 56.7 Å². The third kappa shape index (κ3) is 5.00. The summed E-state index contributed by atoms with van der Waals surface area (Å²) in [6.07, 6.45) is 0. The summed E-state index contributed by atoms with van der Waals surface area (Å²) in [6, 6.07) is 12.3. The highest BCUT2D eigenvalue weighted by Crippen LogP contribution is 2.33. The van der Waals surface area contributed by atoms with E-state index in [1.165, 1.54) is 28.5 Å². The fourth-order valence-corrected chi connectivity index (χ4v) is 5.69. The third-order valence-electron chi connectivity index (χ3n) is 4.42. The lowest BCUT2D eigenvalue weighted by Crippen LogP contribution is -2.14. The zero-order valence-corrected chi connectivity index (χ0v) is 19.2. The maximum atomic E-state index is 12.2. The van der Waals surface area contributed by atoms with Crippen LogP contribution < -0.4 is 5.32 Å². The quantitative estimate of drug-likeness (QED) is 0.411. The minimum absolute atomic E-state index is 0.101. The lowest BCUT2D eigenvalue weighted by Gasteiger charge is -2.05. The van der Waals surface area contributed by atoms with Crippen LogP contribution in [0.5, 0.6) is 0 Å². The van der Waals surface area contributed by atoms with Crippen LogP contribution in [0, 0.1) is 13.8 Å². The average Bonchev–Trinajstić information content (AvgIpc) is 3.30. The maximum absolute atomic E-state index is 12.2. The first-order valence-electron chi connectivity index (χ1n) is 9.22. The molecule has 0 fully saturated rings. The topological polar surface area (TPSA) is 85.6 Å². The molecule has 4 rings (SSSR count). The molecule has 0 atom stereocenters. The Hall–Kier alpha value is -2.43. The van der Waals surface area contributed by atoms with Gasteiger partial charge in [0.15, 0.2) is 4.34 Å². The minimum atomic E-state index is -0.101. The molecule has 30 heavy (non-hydrogen) atoms. The molecular weight excluding hydrogens is 436 g/mol. The molecule has 0 saturated heterocycles. The van der Waals surface area contributed by atoms with Crippen molar-refractivity contribution in [2.75, 3.05) is 11.1 Å². The number of anilines is 1. The van der Waals surface area contributed by atoms with E-state index in [9.17, 15) is 4.79 Å². The van der Waals surface area contributed by atoms with Gasteiger partial charge in [0.1, 0.15) is 0 Å². The number of fused-ring (bicyclic) bond motifs is 1. The summed E-state index contributed by atoms with van der Waals surface area (Å²) in [6.45, 7) is 4.26. The van der Waals surface area contributed by atoms with Gasteiger partial charge in [0, 0.05) is 18.5 Å². The fraction of sp³-hybridized carbons (Fsp3) is 0.250. The number of tetrazole rings is 1. The number of carbonyl (C=O) groups excluding carboxylic acids is 1. The molecule has 10 heteroatoms. The normalized spacial score (nSPS) is 11.2.